The number of likely N-dealkylation sites (N-methyl/N-ethyl adjacent to an activating group) is 1. The van der Waals surface area contributed by atoms with Crippen LogP contribution in [0.25, 0.3) is 16.6 Å². The second-order valence-corrected chi connectivity index (χ2v) is 7.00. The van der Waals surface area contributed by atoms with Crippen molar-refractivity contribution in [3.63, 3.8) is 0 Å². The Bertz CT molecular complexity index is 1090. The third-order valence-corrected chi connectivity index (χ3v) is 4.74. The van der Waals surface area contributed by atoms with Gasteiger partial charge in [0, 0.05) is 5.69 Å². The van der Waals surface area contributed by atoms with Gasteiger partial charge in [-0.1, -0.05) is 24.3 Å². The molecule has 1 aromatic heterocycles. The number of carbonyl (C=O) groups excluding carboxylic acids is 1. The number of fused-ring (bicyclic) bond motifs is 1. The third-order valence-electron chi connectivity index (χ3n) is 4.74. The highest BCUT2D eigenvalue weighted by Crippen LogP contribution is 2.20. The van der Waals surface area contributed by atoms with Crippen LogP contribution in [0.1, 0.15) is 17.0 Å². The van der Waals surface area contributed by atoms with E-state index in [4.69, 9.17) is 0 Å². The normalized spacial score (nSPS) is 12.0. The van der Waals surface area contributed by atoms with Crippen molar-refractivity contribution in [3.05, 3.63) is 65.2 Å². The molecule has 0 bridgehead atoms. The van der Waals surface area contributed by atoms with Crippen LogP contribution in [0.15, 0.2) is 48.2 Å². The van der Waals surface area contributed by atoms with Crippen LogP contribution in [0.2, 0.25) is 0 Å². The molecule has 0 radical (unpaired) electrons. The Morgan fingerprint density at radius 2 is 1.97 bits per heavy atom. The van der Waals surface area contributed by atoms with E-state index < -0.39 is 0 Å². The molecule has 3 rings (SSSR count). The Kier molecular flexibility index (Phi) is 5.96. The van der Waals surface area contributed by atoms with Crippen LogP contribution in [0.3, 0.4) is 0 Å². The zero-order valence-electron chi connectivity index (χ0n) is 16.7. The minimum Gasteiger partial charge on any atom is -0.509 e. The van der Waals surface area contributed by atoms with Crippen molar-refractivity contribution in [2.75, 3.05) is 25.5 Å². The number of carbonyl (C=O) groups is 1. The van der Waals surface area contributed by atoms with Gasteiger partial charge in [0.1, 0.15) is 17.4 Å². The maximum atomic E-state index is 12.4. The Labute approximate surface area is 169 Å². The SMILES string of the molecule is Cc1cccc(NC(=O)CN(C)C/C(O)=C(\C#N)c2nc3ccccc3[nH]2)c1C. The monoisotopic (exact) mass is 389 g/mol. The zero-order valence-corrected chi connectivity index (χ0v) is 16.7. The lowest BCUT2D eigenvalue weighted by molar-refractivity contribution is -0.117. The van der Waals surface area contributed by atoms with Crippen LogP contribution >= 0.6 is 0 Å². The molecule has 0 saturated heterocycles. The second-order valence-electron chi connectivity index (χ2n) is 7.00. The van der Waals surface area contributed by atoms with E-state index in [9.17, 15) is 15.2 Å². The van der Waals surface area contributed by atoms with Crippen molar-refractivity contribution in [1.82, 2.24) is 14.9 Å². The van der Waals surface area contributed by atoms with Gasteiger partial charge in [-0.25, -0.2) is 4.98 Å². The highest BCUT2D eigenvalue weighted by atomic mass is 16.3. The summed E-state index contributed by atoms with van der Waals surface area (Å²) in [5.41, 5.74) is 4.43. The summed E-state index contributed by atoms with van der Waals surface area (Å²) in [7, 11) is 1.70. The highest BCUT2D eigenvalue weighted by Gasteiger charge is 2.16. The molecule has 1 amide bonds. The molecule has 0 fully saturated rings. The molecule has 1 heterocycles. The number of hydrogen-bond acceptors (Lipinski definition) is 5. The molecule has 3 aromatic rings. The third kappa shape index (κ3) is 4.62. The van der Waals surface area contributed by atoms with E-state index in [-0.39, 0.29) is 30.3 Å². The fourth-order valence-electron chi connectivity index (χ4n) is 3.04. The smallest absolute Gasteiger partial charge is 0.238 e. The number of aromatic nitrogens is 2. The summed E-state index contributed by atoms with van der Waals surface area (Å²) in [6.07, 6.45) is 0. The average molecular weight is 389 g/mol. The van der Waals surface area contributed by atoms with E-state index in [2.05, 4.69) is 15.3 Å². The molecule has 0 spiro atoms. The quantitative estimate of drug-likeness (QED) is 0.442. The molecule has 7 heteroatoms. The van der Waals surface area contributed by atoms with Crippen LogP contribution in [0.5, 0.6) is 0 Å². The first-order chi connectivity index (χ1) is 13.9. The average Bonchev–Trinajstić information content (AvgIpc) is 3.09. The van der Waals surface area contributed by atoms with Gasteiger partial charge in [-0.3, -0.25) is 9.69 Å². The number of aryl methyl sites for hydroxylation is 1. The molecule has 3 N–H and O–H groups in total. The fraction of sp³-hybridized carbons (Fsp3) is 0.227. The van der Waals surface area contributed by atoms with Crippen molar-refractivity contribution >= 4 is 28.2 Å². The maximum absolute atomic E-state index is 12.4. The number of rotatable bonds is 6. The molecule has 0 atom stereocenters. The Morgan fingerprint density at radius 1 is 1.21 bits per heavy atom. The predicted octanol–water partition coefficient (Wildman–Crippen LogP) is 3.54. The summed E-state index contributed by atoms with van der Waals surface area (Å²) < 4.78 is 0. The van der Waals surface area contributed by atoms with Crippen molar-refractivity contribution < 1.29 is 9.90 Å². The fourth-order valence-corrected chi connectivity index (χ4v) is 3.04. The van der Waals surface area contributed by atoms with Crippen LogP contribution in [-0.4, -0.2) is 46.0 Å². The summed E-state index contributed by atoms with van der Waals surface area (Å²) in [5, 5.41) is 22.8. The van der Waals surface area contributed by atoms with Crippen LogP contribution in [0, 0.1) is 25.2 Å². The molecule has 148 valence electrons. The standard InChI is InChI=1S/C22H23N5O2/c1-14-7-6-10-17(15(14)2)24-21(29)13-27(3)12-20(28)16(11-23)22-25-18-8-4-5-9-19(18)26-22/h4-10,28H,12-13H2,1-3H3,(H,24,29)(H,25,26)/b20-16-. The second kappa shape index (κ2) is 8.59. The predicted molar refractivity (Wildman–Crippen MR) is 113 cm³/mol. The first-order valence-corrected chi connectivity index (χ1v) is 9.21. The molecule has 0 aliphatic rings. The number of nitriles is 1. The topological polar surface area (TPSA) is 105 Å². The minimum absolute atomic E-state index is 0.0418. The van der Waals surface area contributed by atoms with Gasteiger partial charge in [-0.05, 0) is 50.2 Å². The van der Waals surface area contributed by atoms with Crippen molar-refractivity contribution in [1.29, 1.82) is 5.26 Å². The number of nitrogens with zero attached hydrogens (tertiary/aromatic N) is 3. The Morgan fingerprint density at radius 3 is 2.69 bits per heavy atom. The molecule has 0 aliphatic heterocycles. The number of nitrogens with one attached hydrogen (secondary N) is 2. The van der Waals surface area contributed by atoms with Crippen LogP contribution in [-0.2, 0) is 4.79 Å². The van der Waals surface area contributed by atoms with Gasteiger partial charge >= 0.3 is 0 Å². The van der Waals surface area contributed by atoms with Crippen LogP contribution < -0.4 is 5.32 Å². The molecule has 0 unspecified atom stereocenters. The first-order valence-electron chi connectivity index (χ1n) is 9.21. The van der Waals surface area contributed by atoms with Gasteiger partial charge in [0.25, 0.3) is 0 Å². The van der Waals surface area contributed by atoms with Gasteiger partial charge in [-0.2, -0.15) is 5.26 Å². The number of allylic oxidation sites excluding steroid dienone is 1. The van der Waals surface area contributed by atoms with Crippen LogP contribution in [0.4, 0.5) is 5.69 Å². The van der Waals surface area contributed by atoms with E-state index in [1.807, 2.05) is 62.4 Å². The number of imidazole rings is 1. The van der Waals surface area contributed by atoms with E-state index in [0.717, 1.165) is 22.3 Å². The van der Waals surface area contributed by atoms with Crippen molar-refractivity contribution in [3.8, 4) is 6.07 Å². The number of para-hydroxylation sites is 2. The molecule has 0 saturated carbocycles. The highest BCUT2D eigenvalue weighted by molar-refractivity contribution is 5.93. The lowest BCUT2D eigenvalue weighted by Crippen LogP contribution is -2.32. The number of benzene rings is 2. The van der Waals surface area contributed by atoms with Crippen molar-refractivity contribution in [2.45, 2.75) is 13.8 Å². The van der Waals surface area contributed by atoms with Crippen molar-refractivity contribution in [2.24, 2.45) is 0 Å². The van der Waals surface area contributed by atoms with Gasteiger partial charge in [0.2, 0.25) is 5.91 Å². The van der Waals surface area contributed by atoms with Gasteiger partial charge in [0.15, 0.2) is 5.82 Å². The first kappa shape index (κ1) is 20.1. The maximum Gasteiger partial charge on any atom is 0.238 e. The van der Waals surface area contributed by atoms with E-state index in [1.165, 1.54) is 0 Å². The van der Waals surface area contributed by atoms with Gasteiger partial charge in [-0.15, -0.1) is 0 Å². The lowest BCUT2D eigenvalue weighted by atomic mass is 10.1. The molecular formula is C22H23N5O2. The number of hydrogen-bond donors (Lipinski definition) is 3. The number of amides is 1. The molecular weight excluding hydrogens is 366 g/mol. The number of aliphatic hydroxyl groups is 1. The molecule has 7 nitrogen and oxygen atoms in total. The minimum atomic E-state index is -0.198. The van der Waals surface area contributed by atoms with Gasteiger partial charge < -0.3 is 15.4 Å². The number of aliphatic hydroxyl groups excluding tert-OH is 1. The van der Waals surface area contributed by atoms with Gasteiger partial charge in [0.05, 0.1) is 24.1 Å². The van der Waals surface area contributed by atoms with E-state index in [1.54, 1.807) is 11.9 Å². The summed E-state index contributed by atoms with van der Waals surface area (Å²) in [5.74, 6) is -0.0377. The van der Waals surface area contributed by atoms with E-state index in [0.29, 0.717) is 11.3 Å². The summed E-state index contributed by atoms with van der Waals surface area (Å²) >= 11 is 0. The zero-order chi connectivity index (χ0) is 21.0. The summed E-state index contributed by atoms with van der Waals surface area (Å²) in [6, 6.07) is 15.1. The summed E-state index contributed by atoms with van der Waals surface area (Å²) in [4.78, 5) is 21.4. The molecule has 2 aromatic carbocycles. The Balaban J connectivity index is 1.69. The Hall–Kier alpha value is -3.63. The molecule has 0 aliphatic carbocycles. The largest absolute Gasteiger partial charge is 0.509 e. The lowest BCUT2D eigenvalue weighted by Gasteiger charge is -2.17. The number of aromatic amines is 1. The number of anilines is 1. The summed E-state index contributed by atoms with van der Waals surface area (Å²) in [6.45, 7) is 4.05. The van der Waals surface area contributed by atoms with E-state index >= 15 is 0 Å². The number of H-pyrrole nitrogens is 1. The molecule has 29 heavy (non-hydrogen) atoms.